The summed E-state index contributed by atoms with van der Waals surface area (Å²) in [6.45, 7) is 7.01. The minimum atomic E-state index is -0.341. The molecule has 0 fully saturated rings. The number of hydrogen-bond acceptors (Lipinski definition) is 6. The van der Waals surface area contributed by atoms with Crippen molar-refractivity contribution >= 4 is 11.7 Å². The van der Waals surface area contributed by atoms with E-state index >= 15 is 0 Å². The molecule has 0 spiro atoms. The highest BCUT2D eigenvalue weighted by molar-refractivity contribution is 6.07. The molecule has 0 aliphatic heterocycles. The van der Waals surface area contributed by atoms with E-state index in [0.717, 1.165) is 23.3 Å². The van der Waals surface area contributed by atoms with Crippen molar-refractivity contribution in [1.29, 1.82) is 0 Å². The molecule has 28 heavy (non-hydrogen) atoms. The highest BCUT2D eigenvalue weighted by Gasteiger charge is 2.19. The van der Waals surface area contributed by atoms with Crippen LogP contribution < -0.4 is 14.8 Å². The zero-order valence-corrected chi connectivity index (χ0v) is 16.2. The number of rotatable bonds is 8. The lowest BCUT2D eigenvalue weighted by molar-refractivity contribution is 0.102. The van der Waals surface area contributed by atoms with Crippen LogP contribution in [0, 0.1) is 6.92 Å². The van der Waals surface area contributed by atoms with Gasteiger partial charge < -0.3 is 14.8 Å². The molecule has 0 radical (unpaired) electrons. The molecule has 7 nitrogen and oxygen atoms in total. The standard InChI is InChI=1S/C21H23N3O4/c1-4-12-27-18-9-7-6-8-16(18)21(25)22-20-19(23-28-24-20)15-10-11-17(26-5-2)14(3)13-15/h6-11,13H,4-5,12H2,1-3H3,(H,22,24,25). The first-order valence-electron chi connectivity index (χ1n) is 9.23. The Hall–Kier alpha value is -3.35. The number of amides is 1. The third-order valence-corrected chi connectivity index (χ3v) is 4.06. The Bertz CT molecular complexity index is 952. The monoisotopic (exact) mass is 381 g/mol. The number of hydrogen-bond donors (Lipinski definition) is 1. The van der Waals surface area contributed by atoms with E-state index in [0.29, 0.717) is 30.2 Å². The summed E-state index contributed by atoms with van der Waals surface area (Å²) in [6.07, 6.45) is 0.852. The number of nitrogens with zero attached hydrogens (tertiary/aromatic N) is 2. The number of benzene rings is 2. The molecular formula is C21H23N3O4. The van der Waals surface area contributed by atoms with E-state index in [4.69, 9.17) is 14.1 Å². The van der Waals surface area contributed by atoms with Gasteiger partial charge in [-0.25, -0.2) is 4.63 Å². The van der Waals surface area contributed by atoms with Crippen molar-refractivity contribution in [2.75, 3.05) is 18.5 Å². The van der Waals surface area contributed by atoms with Gasteiger partial charge in [0.2, 0.25) is 5.82 Å². The van der Waals surface area contributed by atoms with Crippen LogP contribution in [0.25, 0.3) is 11.3 Å². The fraction of sp³-hybridized carbons (Fsp3) is 0.286. The SMILES string of the molecule is CCCOc1ccccc1C(=O)Nc1nonc1-c1ccc(OCC)c(C)c1. The molecule has 3 rings (SSSR count). The molecule has 3 aromatic rings. The Morgan fingerprint density at radius 2 is 1.89 bits per heavy atom. The number of aromatic nitrogens is 2. The first-order chi connectivity index (χ1) is 13.6. The van der Waals surface area contributed by atoms with Crippen molar-refractivity contribution in [3.05, 3.63) is 53.6 Å². The number of carbonyl (C=O) groups excluding carboxylic acids is 1. The van der Waals surface area contributed by atoms with Gasteiger partial charge >= 0.3 is 0 Å². The van der Waals surface area contributed by atoms with Crippen molar-refractivity contribution in [1.82, 2.24) is 10.3 Å². The smallest absolute Gasteiger partial charge is 0.260 e. The van der Waals surface area contributed by atoms with Crippen LogP contribution in [0.15, 0.2) is 47.1 Å². The fourth-order valence-corrected chi connectivity index (χ4v) is 2.74. The van der Waals surface area contributed by atoms with Gasteiger partial charge in [0.25, 0.3) is 5.91 Å². The van der Waals surface area contributed by atoms with Gasteiger partial charge in [0.05, 0.1) is 18.8 Å². The molecule has 0 saturated heterocycles. The Morgan fingerprint density at radius 1 is 1.07 bits per heavy atom. The average Bonchev–Trinajstić information content (AvgIpc) is 3.16. The van der Waals surface area contributed by atoms with Crippen LogP contribution in [0.2, 0.25) is 0 Å². The minimum absolute atomic E-state index is 0.249. The number of nitrogens with one attached hydrogen (secondary N) is 1. The summed E-state index contributed by atoms with van der Waals surface area (Å²) in [4.78, 5) is 12.8. The van der Waals surface area contributed by atoms with E-state index in [1.54, 1.807) is 18.2 Å². The topological polar surface area (TPSA) is 86.5 Å². The number of para-hydroxylation sites is 1. The molecule has 1 aromatic heterocycles. The predicted molar refractivity (Wildman–Crippen MR) is 106 cm³/mol. The van der Waals surface area contributed by atoms with E-state index in [2.05, 4.69) is 15.6 Å². The second-order valence-corrected chi connectivity index (χ2v) is 6.17. The third kappa shape index (κ3) is 4.31. The van der Waals surface area contributed by atoms with Gasteiger partial charge in [-0.15, -0.1) is 0 Å². The van der Waals surface area contributed by atoms with Crippen LogP contribution in [0.4, 0.5) is 5.82 Å². The Kier molecular flexibility index (Phi) is 6.26. The zero-order valence-electron chi connectivity index (χ0n) is 16.2. The van der Waals surface area contributed by atoms with Gasteiger partial charge in [-0.05, 0) is 66.5 Å². The Morgan fingerprint density at radius 3 is 2.64 bits per heavy atom. The molecule has 0 bridgehead atoms. The maximum absolute atomic E-state index is 12.8. The van der Waals surface area contributed by atoms with Crippen LogP contribution in [-0.4, -0.2) is 29.4 Å². The highest BCUT2D eigenvalue weighted by atomic mass is 16.6. The van der Waals surface area contributed by atoms with Crippen molar-refractivity contribution in [3.63, 3.8) is 0 Å². The van der Waals surface area contributed by atoms with Gasteiger partial charge in [0.1, 0.15) is 11.5 Å². The van der Waals surface area contributed by atoms with Gasteiger partial charge in [-0.1, -0.05) is 19.1 Å². The largest absolute Gasteiger partial charge is 0.494 e. The lowest BCUT2D eigenvalue weighted by atomic mass is 10.1. The normalized spacial score (nSPS) is 10.5. The molecule has 0 aliphatic rings. The predicted octanol–water partition coefficient (Wildman–Crippen LogP) is 4.48. The first-order valence-corrected chi connectivity index (χ1v) is 9.23. The lowest BCUT2D eigenvalue weighted by Crippen LogP contribution is -2.14. The maximum atomic E-state index is 12.8. The highest BCUT2D eigenvalue weighted by Crippen LogP contribution is 2.30. The van der Waals surface area contributed by atoms with Gasteiger partial charge in [0.15, 0.2) is 5.69 Å². The number of carbonyl (C=O) groups is 1. The Labute approximate surface area is 163 Å². The third-order valence-electron chi connectivity index (χ3n) is 4.06. The molecule has 2 aromatic carbocycles. The molecule has 1 heterocycles. The van der Waals surface area contributed by atoms with E-state index in [1.807, 2.05) is 45.0 Å². The quantitative estimate of drug-likeness (QED) is 0.619. The number of aryl methyl sites for hydroxylation is 1. The molecule has 7 heteroatoms. The summed E-state index contributed by atoms with van der Waals surface area (Å²) in [5, 5.41) is 10.6. The summed E-state index contributed by atoms with van der Waals surface area (Å²) < 4.78 is 16.1. The van der Waals surface area contributed by atoms with E-state index in [9.17, 15) is 4.79 Å². The second kappa shape index (κ2) is 9.03. The number of anilines is 1. The van der Waals surface area contributed by atoms with Crippen molar-refractivity contribution < 1.29 is 18.9 Å². The van der Waals surface area contributed by atoms with Crippen LogP contribution in [0.3, 0.4) is 0 Å². The zero-order chi connectivity index (χ0) is 19.9. The minimum Gasteiger partial charge on any atom is -0.494 e. The van der Waals surface area contributed by atoms with Crippen molar-refractivity contribution in [2.24, 2.45) is 0 Å². The van der Waals surface area contributed by atoms with Crippen LogP contribution in [0.1, 0.15) is 36.2 Å². The van der Waals surface area contributed by atoms with Gasteiger partial charge in [0, 0.05) is 5.56 Å². The van der Waals surface area contributed by atoms with Crippen LogP contribution >= 0.6 is 0 Å². The fourth-order valence-electron chi connectivity index (χ4n) is 2.74. The molecule has 1 N–H and O–H groups in total. The molecule has 0 aliphatic carbocycles. The van der Waals surface area contributed by atoms with Gasteiger partial charge in [-0.3, -0.25) is 4.79 Å². The summed E-state index contributed by atoms with van der Waals surface area (Å²) in [5.41, 5.74) is 2.60. The average molecular weight is 381 g/mol. The summed E-state index contributed by atoms with van der Waals surface area (Å²) in [5.74, 6) is 1.23. The molecule has 146 valence electrons. The van der Waals surface area contributed by atoms with Crippen LogP contribution in [-0.2, 0) is 0 Å². The molecule has 0 unspecified atom stereocenters. The molecule has 1 amide bonds. The first kappa shape index (κ1) is 19.4. The van der Waals surface area contributed by atoms with E-state index in [1.165, 1.54) is 0 Å². The molecular weight excluding hydrogens is 358 g/mol. The summed E-state index contributed by atoms with van der Waals surface area (Å²) in [7, 11) is 0. The summed E-state index contributed by atoms with van der Waals surface area (Å²) >= 11 is 0. The maximum Gasteiger partial charge on any atom is 0.260 e. The van der Waals surface area contributed by atoms with Crippen molar-refractivity contribution in [3.8, 4) is 22.8 Å². The second-order valence-electron chi connectivity index (χ2n) is 6.17. The molecule has 0 atom stereocenters. The summed E-state index contributed by atoms with van der Waals surface area (Å²) in [6, 6.07) is 12.7. The Balaban J connectivity index is 1.83. The van der Waals surface area contributed by atoms with Gasteiger partial charge in [-0.2, -0.15) is 0 Å². The molecule has 0 saturated carbocycles. The van der Waals surface area contributed by atoms with E-state index < -0.39 is 0 Å². The lowest BCUT2D eigenvalue weighted by Gasteiger charge is -2.11. The van der Waals surface area contributed by atoms with Crippen LogP contribution in [0.5, 0.6) is 11.5 Å². The van der Waals surface area contributed by atoms with Crippen molar-refractivity contribution in [2.45, 2.75) is 27.2 Å². The number of ether oxygens (including phenoxy) is 2. The van der Waals surface area contributed by atoms with E-state index in [-0.39, 0.29) is 11.7 Å².